The maximum atomic E-state index is 12.8. The Morgan fingerprint density at radius 3 is 2.86 bits per heavy atom. The molecule has 4 heteroatoms. The van der Waals surface area contributed by atoms with Crippen LogP contribution in [-0.2, 0) is 6.42 Å². The first kappa shape index (κ1) is 14.0. The maximum absolute atomic E-state index is 12.8. The van der Waals surface area contributed by atoms with Gasteiger partial charge in [-0.3, -0.25) is 4.79 Å². The average Bonchev–Trinajstić information content (AvgIpc) is 2.45. The molecule has 0 atom stereocenters. The lowest BCUT2D eigenvalue weighted by atomic mass is 9.99. The number of benzene rings is 2. The summed E-state index contributed by atoms with van der Waals surface area (Å²) in [7, 11) is 0. The minimum absolute atomic E-state index is 0.122. The summed E-state index contributed by atoms with van der Waals surface area (Å²) in [4.78, 5) is 14.4. The number of fused-ring (bicyclic) bond motifs is 1. The van der Waals surface area contributed by atoms with Gasteiger partial charge in [0.15, 0.2) is 0 Å². The number of amides is 1. The molecule has 0 unspecified atom stereocenters. The molecular formula is C17H16ClNO2. The first-order chi connectivity index (χ1) is 10.1. The van der Waals surface area contributed by atoms with Crippen LogP contribution in [0.15, 0.2) is 36.4 Å². The number of aromatic hydroxyl groups is 1. The summed E-state index contributed by atoms with van der Waals surface area (Å²) in [5.41, 5.74) is 3.14. The van der Waals surface area contributed by atoms with Gasteiger partial charge >= 0.3 is 0 Å². The average molecular weight is 302 g/mol. The third kappa shape index (κ3) is 2.61. The molecule has 0 spiro atoms. The second-order valence-electron chi connectivity index (χ2n) is 5.36. The van der Waals surface area contributed by atoms with E-state index in [0.717, 1.165) is 24.0 Å². The summed E-state index contributed by atoms with van der Waals surface area (Å²) in [5.74, 6) is 0.0300. The second-order valence-corrected chi connectivity index (χ2v) is 5.80. The molecule has 0 saturated heterocycles. The predicted molar refractivity (Wildman–Crippen MR) is 84.3 cm³/mol. The van der Waals surface area contributed by atoms with E-state index in [-0.39, 0.29) is 11.7 Å². The highest BCUT2D eigenvalue weighted by Gasteiger charge is 2.26. The van der Waals surface area contributed by atoms with Gasteiger partial charge in [0.25, 0.3) is 5.91 Å². The summed E-state index contributed by atoms with van der Waals surface area (Å²) in [6, 6.07) is 10.7. The molecule has 0 radical (unpaired) electrons. The molecule has 2 aromatic rings. The van der Waals surface area contributed by atoms with Gasteiger partial charge in [0, 0.05) is 17.1 Å². The third-order valence-electron chi connectivity index (χ3n) is 3.73. The van der Waals surface area contributed by atoms with Gasteiger partial charge in [-0.15, -0.1) is 0 Å². The fourth-order valence-corrected chi connectivity index (χ4v) is 3.14. The lowest BCUT2D eigenvalue weighted by Crippen LogP contribution is -2.35. The van der Waals surface area contributed by atoms with Crippen LogP contribution in [0.3, 0.4) is 0 Å². The molecule has 3 rings (SSSR count). The van der Waals surface area contributed by atoms with E-state index in [1.54, 1.807) is 17.0 Å². The smallest absolute Gasteiger partial charge is 0.258 e. The molecule has 0 bridgehead atoms. The molecule has 0 aromatic heterocycles. The van der Waals surface area contributed by atoms with Gasteiger partial charge in [0.2, 0.25) is 0 Å². The van der Waals surface area contributed by atoms with Gasteiger partial charge in [-0.1, -0.05) is 23.7 Å². The van der Waals surface area contributed by atoms with Crippen molar-refractivity contribution in [2.75, 3.05) is 11.4 Å². The Bertz CT molecular complexity index is 692. The quantitative estimate of drug-likeness (QED) is 0.866. The fourth-order valence-electron chi connectivity index (χ4n) is 2.85. The van der Waals surface area contributed by atoms with Crippen molar-refractivity contribution in [2.24, 2.45) is 0 Å². The second kappa shape index (κ2) is 5.41. The molecular weight excluding hydrogens is 286 g/mol. The number of hydrogen-bond acceptors (Lipinski definition) is 2. The Kier molecular flexibility index (Phi) is 3.60. The third-order valence-corrected chi connectivity index (χ3v) is 3.95. The summed E-state index contributed by atoms with van der Waals surface area (Å²) >= 11 is 6.04. The van der Waals surface area contributed by atoms with Crippen LogP contribution in [-0.4, -0.2) is 17.6 Å². The Balaban J connectivity index is 2.04. The Morgan fingerprint density at radius 1 is 1.29 bits per heavy atom. The van der Waals surface area contributed by atoms with Crippen molar-refractivity contribution in [1.29, 1.82) is 0 Å². The normalized spacial score (nSPS) is 13.9. The van der Waals surface area contributed by atoms with Crippen LogP contribution in [0, 0.1) is 6.92 Å². The minimum atomic E-state index is -0.122. The van der Waals surface area contributed by atoms with E-state index < -0.39 is 0 Å². The van der Waals surface area contributed by atoms with Crippen LogP contribution in [0.2, 0.25) is 5.02 Å². The molecule has 1 N–H and O–H groups in total. The summed E-state index contributed by atoms with van der Waals surface area (Å²) in [5, 5.41) is 10.7. The molecule has 0 saturated carbocycles. The lowest BCUT2D eigenvalue weighted by Gasteiger charge is -2.30. The maximum Gasteiger partial charge on any atom is 0.258 e. The zero-order chi connectivity index (χ0) is 15.0. The molecule has 1 heterocycles. The van der Waals surface area contributed by atoms with Gasteiger partial charge in [-0.2, -0.15) is 0 Å². The van der Waals surface area contributed by atoms with Crippen LogP contribution < -0.4 is 4.90 Å². The molecule has 1 aliphatic rings. The molecule has 1 amide bonds. The number of anilines is 1. The number of nitrogens with zero attached hydrogens (tertiary/aromatic N) is 1. The number of aryl methyl sites for hydroxylation is 2. The van der Waals surface area contributed by atoms with Gasteiger partial charge in [-0.25, -0.2) is 0 Å². The Labute approximate surface area is 128 Å². The van der Waals surface area contributed by atoms with Crippen LogP contribution in [0.4, 0.5) is 5.69 Å². The largest absolute Gasteiger partial charge is 0.506 e. The highest BCUT2D eigenvalue weighted by Crippen LogP contribution is 2.36. The first-order valence-electron chi connectivity index (χ1n) is 6.96. The molecule has 3 nitrogen and oxygen atoms in total. The summed E-state index contributed by atoms with van der Waals surface area (Å²) in [6.45, 7) is 2.51. The number of phenols is 1. The first-order valence-corrected chi connectivity index (χ1v) is 7.34. The van der Waals surface area contributed by atoms with Crippen LogP contribution in [0.5, 0.6) is 5.75 Å². The molecule has 0 aliphatic carbocycles. The van der Waals surface area contributed by atoms with Gasteiger partial charge < -0.3 is 10.0 Å². The Hall–Kier alpha value is -2.00. The SMILES string of the molecule is Cc1cc(Cl)cc(C(=O)N2CCCc3cccc(O)c32)c1. The van der Waals surface area contributed by atoms with Crippen molar-refractivity contribution in [3.63, 3.8) is 0 Å². The fraction of sp³-hybridized carbons (Fsp3) is 0.235. The van der Waals surface area contributed by atoms with Crippen LogP contribution in [0.25, 0.3) is 0 Å². The standard InChI is InChI=1S/C17H16ClNO2/c1-11-8-13(10-14(18)9-11)17(21)19-7-3-5-12-4-2-6-15(20)16(12)19/h2,4,6,8-10,20H,3,5,7H2,1H3. The predicted octanol–water partition coefficient (Wildman–Crippen LogP) is 3.95. The van der Waals surface area contributed by atoms with E-state index in [1.807, 2.05) is 31.2 Å². The van der Waals surface area contributed by atoms with E-state index in [4.69, 9.17) is 11.6 Å². The number of carbonyl (C=O) groups is 1. The van der Waals surface area contributed by atoms with E-state index in [0.29, 0.717) is 22.8 Å². The monoisotopic (exact) mass is 301 g/mol. The highest BCUT2D eigenvalue weighted by molar-refractivity contribution is 6.31. The molecule has 2 aromatic carbocycles. The Morgan fingerprint density at radius 2 is 2.10 bits per heavy atom. The van der Waals surface area contributed by atoms with E-state index in [2.05, 4.69) is 0 Å². The van der Waals surface area contributed by atoms with E-state index in [9.17, 15) is 9.90 Å². The minimum Gasteiger partial charge on any atom is -0.506 e. The van der Waals surface area contributed by atoms with Gasteiger partial charge in [-0.05, 0) is 55.2 Å². The highest BCUT2D eigenvalue weighted by atomic mass is 35.5. The number of rotatable bonds is 1. The van der Waals surface area contributed by atoms with Crippen molar-refractivity contribution in [1.82, 2.24) is 0 Å². The summed E-state index contributed by atoms with van der Waals surface area (Å²) in [6.07, 6.45) is 1.77. The molecule has 21 heavy (non-hydrogen) atoms. The van der Waals surface area contributed by atoms with E-state index >= 15 is 0 Å². The van der Waals surface area contributed by atoms with Crippen molar-refractivity contribution < 1.29 is 9.90 Å². The topological polar surface area (TPSA) is 40.5 Å². The number of halogens is 1. The van der Waals surface area contributed by atoms with Crippen molar-refractivity contribution in [3.8, 4) is 5.75 Å². The lowest BCUT2D eigenvalue weighted by molar-refractivity contribution is 0.0984. The molecule has 1 aliphatic heterocycles. The van der Waals surface area contributed by atoms with Gasteiger partial charge in [0.1, 0.15) is 5.75 Å². The van der Waals surface area contributed by atoms with Crippen molar-refractivity contribution in [2.45, 2.75) is 19.8 Å². The number of carbonyl (C=O) groups excluding carboxylic acids is 1. The zero-order valence-corrected chi connectivity index (χ0v) is 12.5. The van der Waals surface area contributed by atoms with Gasteiger partial charge in [0.05, 0.1) is 5.69 Å². The number of phenolic OH excluding ortho intramolecular Hbond substituents is 1. The van der Waals surface area contributed by atoms with Crippen molar-refractivity contribution >= 4 is 23.2 Å². The van der Waals surface area contributed by atoms with Crippen molar-refractivity contribution in [3.05, 3.63) is 58.1 Å². The summed E-state index contributed by atoms with van der Waals surface area (Å²) < 4.78 is 0. The molecule has 108 valence electrons. The molecule has 0 fully saturated rings. The number of hydrogen-bond donors (Lipinski definition) is 1. The van der Waals surface area contributed by atoms with E-state index in [1.165, 1.54) is 0 Å². The zero-order valence-electron chi connectivity index (χ0n) is 11.8. The van der Waals surface area contributed by atoms with Crippen LogP contribution in [0.1, 0.15) is 27.9 Å². The van der Waals surface area contributed by atoms with Crippen LogP contribution >= 0.6 is 11.6 Å². The number of para-hydroxylation sites is 1.